The van der Waals surface area contributed by atoms with Gasteiger partial charge in [-0.05, 0) is 31.0 Å². The fourth-order valence-electron chi connectivity index (χ4n) is 2.40. The van der Waals surface area contributed by atoms with Gasteiger partial charge in [0, 0.05) is 10.9 Å². The molecule has 0 aliphatic heterocycles. The molecule has 19 heavy (non-hydrogen) atoms. The first kappa shape index (κ1) is 12.0. The van der Waals surface area contributed by atoms with Crippen molar-refractivity contribution < 1.29 is 4.74 Å². The van der Waals surface area contributed by atoms with Gasteiger partial charge in [0.15, 0.2) is 4.96 Å². The quantitative estimate of drug-likeness (QED) is 0.779. The minimum Gasteiger partial charge on any atom is -0.496 e. The van der Waals surface area contributed by atoms with Gasteiger partial charge in [0.25, 0.3) is 0 Å². The lowest BCUT2D eigenvalue weighted by Gasteiger charge is -2.12. The highest BCUT2D eigenvalue weighted by Crippen LogP contribution is 2.36. The van der Waals surface area contributed by atoms with Crippen LogP contribution in [0.3, 0.4) is 0 Å². The van der Waals surface area contributed by atoms with Gasteiger partial charge in [-0.3, -0.25) is 4.40 Å². The van der Waals surface area contributed by atoms with E-state index in [1.807, 2.05) is 16.7 Å². The molecule has 2 N–H and O–H groups in total. The van der Waals surface area contributed by atoms with Crippen LogP contribution in [0.15, 0.2) is 23.7 Å². The van der Waals surface area contributed by atoms with Crippen molar-refractivity contribution >= 4 is 22.1 Å². The Morgan fingerprint density at radius 2 is 2.11 bits per heavy atom. The van der Waals surface area contributed by atoms with E-state index >= 15 is 0 Å². The minimum absolute atomic E-state index is 0.539. The highest BCUT2D eigenvalue weighted by atomic mass is 32.1. The largest absolute Gasteiger partial charge is 0.496 e. The molecule has 5 heteroatoms. The Morgan fingerprint density at radius 1 is 1.32 bits per heavy atom. The van der Waals surface area contributed by atoms with Crippen molar-refractivity contribution in [1.82, 2.24) is 9.38 Å². The van der Waals surface area contributed by atoms with Gasteiger partial charge in [-0.2, -0.15) is 0 Å². The number of methoxy groups -OCH3 is 1. The standard InChI is InChI=1S/C14H15N3OS/c1-8-4-9(2)13(11(5-8)18-3)10-7-19-14-16-12(15)6-17(10)14/h4-7H,15H2,1-3H3. The first-order valence-corrected chi connectivity index (χ1v) is 6.86. The lowest BCUT2D eigenvalue weighted by atomic mass is 10.0. The third-order valence-electron chi connectivity index (χ3n) is 3.15. The minimum atomic E-state index is 0.539. The molecule has 0 unspecified atom stereocenters. The normalized spacial score (nSPS) is 11.1. The number of aryl methyl sites for hydroxylation is 2. The summed E-state index contributed by atoms with van der Waals surface area (Å²) >= 11 is 1.58. The maximum atomic E-state index is 5.76. The molecule has 0 aliphatic rings. The lowest BCUT2D eigenvalue weighted by molar-refractivity contribution is 0.415. The molecule has 0 bridgehead atoms. The van der Waals surface area contributed by atoms with E-state index in [-0.39, 0.29) is 0 Å². The highest BCUT2D eigenvalue weighted by molar-refractivity contribution is 7.15. The number of hydrogen-bond acceptors (Lipinski definition) is 4. The van der Waals surface area contributed by atoms with Gasteiger partial charge in [-0.15, -0.1) is 11.3 Å². The summed E-state index contributed by atoms with van der Waals surface area (Å²) in [5.74, 6) is 1.42. The third kappa shape index (κ3) is 1.86. The molecule has 0 amide bonds. The second kappa shape index (κ2) is 4.28. The van der Waals surface area contributed by atoms with Crippen molar-refractivity contribution in [1.29, 1.82) is 0 Å². The van der Waals surface area contributed by atoms with E-state index in [9.17, 15) is 0 Å². The van der Waals surface area contributed by atoms with Crippen LogP contribution in [0.1, 0.15) is 11.1 Å². The fourth-order valence-corrected chi connectivity index (χ4v) is 3.27. The number of rotatable bonds is 2. The van der Waals surface area contributed by atoms with E-state index < -0.39 is 0 Å². The van der Waals surface area contributed by atoms with Crippen molar-refractivity contribution in [3.05, 3.63) is 34.8 Å². The molecule has 0 atom stereocenters. The summed E-state index contributed by atoms with van der Waals surface area (Å²) in [7, 11) is 1.70. The van der Waals surface area contributed by atoms with Crippen LogP contribution in [0.5, 0.6) is 5.75 Å². The van der Waals surface area contributed by atoms with E-state index in [4.69, 9.17) is 10.5 Å². The molecule has 0 fully saturated rings. The van der Waals surface area contributed by atoms with Gasteiger partial charge in [-0.1, -0.05) is 6.07 Å². The Balaban J connectivity index is 2.31. The van der Waals surface area contributed by atoms with Crippen LogP contribution in [0.2, 0.25) is 0 Å². The SMILES string of the molecule is COc1cc(C)cc(C)c1-c1csc2nc(N)cn12. The maximum Gasteiger partial charge on any atom is 0.196 e. The van der Waals surface area contributed by atoms with Crippen molar-refractivity contribution in [2.45, 2.75) is 13.8 Å². The molecule has 98 valence electrons. The van der Waals surface area contributed by atoms with Crippen LogP contribution in [-0.2, 0) is 0 Å². The number of thiazole rings is 1. The topological polar surface area (TPSA) is 52.5 Å². The molecule has 3 aromatic rings. The van der Waals surface area contributed by atoms with E-state index in [0.29, 0.717) is 5.82 Å². The summed E-state index contributed by atoms with van der Waals surface area (Å²) in [4.78, 5) is 5.18. The summed E-state index contributed by atoms with van der Waals surface area (Å²) in [6, 6.07) is 4.20. The molecule has 1 aromatic carbocycles. The zero-order chi connectivity index (χ0) is 13.6. The molecular formula is C14H15N3OS. The van der Waals surface area contributed by atoms with Crippen LogP contribution >= 0.6 is 11.3 Å². The van der Waals surface area contributed by atoms with E-state index in [2.05, 4.69) is 30.3 Å². The van der Waals surface area contributed by atoms with Crippen molar-refractivity contribution in [3.8, 4) is 17.0 Å². The number of nitrogens with zero attached hydrogens (tertiary/aromatic N) is 2. The Labute approximate surface area is 115 Å². The van der Waals surface area contributed by atoms with Crippen molar-refractivity contribution in [2.75, 3.05) is 12.8 Å². The van der Waals surface area contributed by atoms with Gasteiger partial charge in [0.05, 0.1) is 19.0 Å². The molecule has 4 nitrogen and oxygen atoms in total. The van der Waals surface area contributed by atoms with Crippen molar-refractivity contribution in [2.24, 2.45) is 0 Å². The summed E-state index contributed by atoms with van der Waals surface area (Å²) in [6.07, 6.45) is 1.85. The number of ether oxygens (including phenoxy) is 1. The number of nitrogens with two attached hydrogens (primary N) is 1. The molecule has 0 aliphatic carbocycles. The van der Waals surface area contributed by atoms with Gasteiger partial charge in [0.1, 0.15) is 11.6 Å². The van der Waals surface area contributed by atoms with E-state index in [0.717, 1.165) is 22.0 Å². The zero-order valence-corrected chi connectivity index (χ0v) is 11.9. The molecule has 3 rings (SSSR count). The summed E-state index contributed by atoms with van der Waals surface area (Å²) in [5, 5.41) is 2.09. The molecule has 0 spiro atoms. The lowest BCUT2D eigenvalue weighted by Crippen LogP contribution is -1.94. The number of imidazole rings is 1. The second-order valence-corrected chi connectivity index (χ2v) is 5.43. The fraction of sp³-hybridized carbons (Fsp3) is 0.214. The van der Waals surface area contributed by atoms with Gasteiger partial charge < -0.3 is 10.5 Å². The van der Waals surface area contributed by atoms with Crippen molar-refractivity contribution in [3.63, 3.8) is 0 Å². The Hall–Kier alpha value is -2.01. The average Bonchev–Trinajstić information content (AvgIpc) is 2.88. The summed E-state index contributed by atoms with van der Waals surface area (Å²) < 4.78 is 7.54. The Bertz CT molecular complexity index is 757. The molecule has 2 aromatic heterocycles. The number of fused-ring (bicyclic) bond motifs is 1. The predicted octanol–water partition coefficient (Wildman–Crippen LogP) is 3.27. The van der Waals surface area contributed by atoms with Crippen LogP contribution in [0.4, 0.5) is 5.82 Å². The Morgan fingerprint density at radius 3 is 2.84 bits per heavy atom. The predicted molar refractivity (Wildman–Crippen MR) is 78.9 cm³/mol. The number of anilines is 1. The zero-order valence-electron chi connectivity index (χ0n) is 11.1. The smallest absolute Gasteiger partial charge is 0.196 e. The molecular weight excluding hydrogens is 258 g/mol. The number of nitrogen functional groups attached to an aromatic ring is 1. The summed E-state index contributed by atoms with van der Waals surface area (Å²) in [5.41, 5.74) is 10.3. The third-order valence-corrected chi connectivity index (χ3v) is 3.99. The van der Waals surface area contributed by atoms with Crippen LogP contribution < -0.4 is 10.5 Å². The van der Waals surface area contributed by atoms with Gasteiger partial charge >= 0.3 is 0 Å². The first-order valence-electron chi connectivity index (χ1n) is 5.98. The molecule has 0 radical (unpaired) electrons. The Kier molecular flexibility index (Phi) is 2.71. The van der Waals surface area contributed by atoms with Gasteiger partial charge in [-0.25, -0.2) is 4.98 Å². The highest BCUT2D eigenvalue weighted by Gasteiger charge is 2.15. The number of aromatic nitrogens is 2. The second-order valence-electron chi connectivity index (χ2n) is 4.60. The summed E-state index contributed by atoms with van der Waals surface area (Å²) in [6.45, 7) is 4.16. The first-order chi connectivity index (χ1) is 9.10. The maximum absolute atomic E-state index is 5.76. The number of benzene rings is 1. The van der Waals surface area contributed by atoms with E-state index in [1.165, 1.54) is 11.1 Å². The molecule has 0 saturated carbocycles. The van der Waals surface area contributed by atoms with Gasteiger partial charge in [0.2, 0.25) is 0 Å². The molecule has 2 heterocycles. The van der Waals surface area contributed by atoms with Crippen LogP contribution in [0, 0.1) is 13.8 Å². The average molecular weight is 273 g/mol. The van der Waals surface area contributed by atoms with Crippen LogP contribution in [0.25, 0.3) is 16.2 Å². The van der Waals surface area contributed by atoms with E-state index in [1.54, 1.807) is 18.4 Å². The van der Waals surface area contributed by atoms with Crippen LogP contribution in [-0.4, -0.2) is 16.5 Å². The number of hydrogen-bond donors (Lipinski definition) is 1. The monoisotopic (exact) mass is 273 g/mol. The molecule has 0 saturated heterocycles.